The number of Topliss-reactive ketones (excluding diaryl/α,β-unsaturated/α-hetero) is 1. The lowest BCUT2D eigenvalue weighted by Crippen LogP contribution is -2.33. The summed E-state index contributed by atoms with van der Waals surface area (Å²) in [4.78, 5) is 22.4. The molecule has 3 nitrogen and oxygen atoms in total. The highest BCUT2D eigenvalue weighted by Crippen LogP contribution is 2.34. The van der Waals surface area contributed by atoms with E-state index in [1.165, 1.54) is 6.92 Å². The maximum Gasteiger partial charge on any atom is 0.313 e. The van der Waals surface area contributed by atoms with Crippen LogP contribution in [0.5, 0.6) is 0 Å². The molecule has 0 aromatic heterocycles. The third-order valence-corrected chi connectivity index (χ3v) is 3.36. The standard InChI is InChI=1S/C14H22O3/c1-9(2)12-6-5-10(3)7-13(12)17-14(16)8-11(4)15/h10,12-13H,1,5-8H2,2-4H3/t10-,12+,13-/m1/s1. The van der Waals surface area contributed by atoms with Crippen molar-refractivity contribution in [1.82, 2.24) is 0 Å². The van der Waals surface area contributed by atoms with E-state index in [0.717, 1.165) is 24.8 Å². The number of hydrogen-bond donors (Lipinski definition) is 0. The normalized spacial score (nSPS) is 28.5. The largest absolute Gasteiger partial charge is 0.461 e. The van der Waals surface area contributed by atoms with Gasteiger partial charge in [-0.15, -0.1) is 0 Å². The van der Waals surface area contributed by atoms with Gasteiger partial charge in [0.2, 0.25) is 0 Å². The number of hydrogen-bond acceptors (Lipinski definition) is 3. The van der Waals surface area contributed by atoms with Crippen molar-refractivity contribution in [3.8, 4) is 0 Å². The summed E-state index contributed by atoms with van der Waals surface area (Å²) in [5.41, 5.74) is 1.07. The zero-order valence-corrected chi connectivity index (χ0v) is 11.0. The van der Waals surface area contributed by atoms with Gasteiger partial charge in [0.1, 0.15) is 18.3 Å². The molecule has 0 aromatic carbocycles. The van der Waals surface area contributed by atoms with Crippen LogP contribution >= 0.6 is 0 Å². The molecule has 0 radical (unpaired) electrons. The van der Waals surface area contributed by atoms with Crippen molar-refractivity contribution >= 4 is 11.8 Å². The maximum atomic E-state index is 11.5. The molecule has 0 N–H and O–H groups in total. The Hall–Kier alpha value is -1.12. The van der Waals surface area contributed by atoms with Gasteiger partial charge in [-0.25, -0.2) is 0 Å². The monoisotopic (exact) mass is 238 g/mol. The van der Waals surface area contributed by atoms with Crippen LogP contribution in [-0.4, -0.2) is 17.9 Å². The molecule has 0 aromatic rings. The Balaban J connectivity index is 2.60. The summed E-state index contributed by atoms with van der Waals surface area (Å²) in [5, 5.41) is 0. The molecule has 17 heavy (non-hydrogen) atoms. The first-order valence-corrected chi connectivity index (χ1v) is 6.24. The third-order valence-electron chi connectivity index (χ3n) is 3.36. The van der Waals surface area contributed by atoms with E-state index in [0.29, 0.717) is 5.92 Å². The Morgan fingerprint density at radius 3 is 2.47 bits per heavy atom. The second-order valence-corrected chi connectivity index (χ2v) is 5.28. The lowest BCUT2D eigenvalue weighted by Gasteiger charge is -2.34. The molecule has 0 amide bonds. The summed E-state index contributed by atoms with van der Waals surface area (Å²) in [7, 11) is 0. The van der Waals surface area contributed by atoms with E-state index in [-0.39, 0.29) is 24.2 Å². The molecule has 0 aliphatic heterocycles. The summed E-state index contributed by atoms with van der Waals surface area (Å²) in [6.45, 7) is 9.51. The van der Waals surface area contributed by atoms with Crippen LogP contribution in [-0.2, 0) is 14.3 Å². The Labute approximate surface area is 103 Å². The smallest absolute Gasteiger partial charge is 0.313 e. The van der Waals surface area contributed by atoms with Gasteiger partial charge in [0, 0.05) is 5.92 Å². The van der Waals surface area contributed by atoms with Gasteiger partial charge in [-0.1, -0.05) is 19.1 Å². The van der Waals surface area contributed by atoms with E-state index in [9.17, 15) is 9.59 Å². The second kappa shape index (κ2) is 5.99. The lowest BCUT2D eigenvalue weighted by atomic mass is 9.77. The molecule has 1 saturated carbocycles. The topological polar surface area (TPSA) is 43.4 Å². The fourth-order valence-corrected chi connectivity index (χ4v) is 2.44. The highest BCUT2D eigenvalue weighted by Gasteiger charge is 2.31. The minimum Gasteiger partial charge on any atom is -0.461 e. The van der Waals surface area contributed by atoms with Crippen LogP contribution in [0.2, 0.25) is 0 Å². The molecular formula is C14H22O3. The van der Waals surface area contributed by atoms with Crippen molar-refractivity contribution in [1.29, 1.82) is 0 Å². The summed E-state index contributed by atoms with van der Waals surface area (Å²) >= 11 is 0. The van der Waals surface area contributed by atoms with Crippen LogP contribution in [0.4, 0.5) is 0 Å². The molecule has 0 saturated heterocycles. The van der Waals surface area contributed by atoms with E-state index in [1.54, 1.807) is 0 Å². The highest BCUT2D eigenvalue weighted by molar-refractivity contribution is 5.94. The summed E-state index contributed by atoms with van der Waals surface area (Å²) in [6, 6.07) is 0. The van der Waals surface area contributed by atoms with Gasteiger partial charge in [0.15, 0.2) is 0 Å². The summed E-state index contributed by atoms with van der Waals surface area (Å²) < 4.78 is 5.43. The number of carbonyl (C=O) groups excluding carboxylic acids is 2. The average Bonchev–Trinajstić information content (AvgIpc) is 2.15. The molecular weight excluding hydrogens is 216 g/mol. The fourth-order valence-electron chi connectivity index (χ4n) is 2.44. The van der Waals surface area contributed by atoms with Crippen molar-refractivity contribution in [2.75, 3.05) is 0 Å². The van der Waals surface area contributed by atoms with Gasteiger partial charge in [-0.2, -0.15) is 0 Å². The summed E-state index contributed by atoms with van der Waals surface area (Å²) in [6.07, 6.45) is 2.84. The first-order chi connectivity index (χ1) is 7.90. The van der Waals surface area contributed by atoms with Gasteiger partial charge in [0.05, 0.1) is 0 Å². The Kier molecular flexibility index (Phi) is 4.91. The molecule has 3 atom stereocenters. The second-order valence-electron chi connectivity index (χ2n) is 5.28. The molecule has 1 rings (SSSR count). The van der Waals surface area contributed by atoms with Crippen LogP contribution in [0, 0.1) is 11.8 Å². The third kappa shape index (κ3) is 4.33. The Morgan fingerprint density at radius 1 is 1.29 bits per heavy atom. The number of ether oxygens (including phenoxy) is 1. The van der Waals surface area contributed by atoms with E-state index in [2.05, 4.69) is 13.5 Å². The predicted octanol–water partition coefficient (Wildman–Crippen LogP) is 2.89. The number of ketones is 1. The fraction of sp³-hybridized carbons (Fsp3) is 0.714. The van der Waals surface area contributed by atoms with E-state index >= 15 is 0 Å². The van der Waals surface area contributed by atoms with Gasteiger partial charge >= 0.3 is 5.97 Å². The van der Waals surface area contributed by atoms with Crippen LogP contribution < -0.4 is 0 Å². The zero-order chi connectivity index (χ0) is 13.0. The number of carbonyl (C=O) groups is 2. The van der Waals surface area contributed by atoms with Gasteiger partial charge in [-0.05, 0) is 39.0 Å². The Bertz CT molecular complexity index is 319. The first-order valence-electron chi connectivity index (χ1n) is 6.24. The van der Waals surface area contributed by atoms with Crippen LogP contribution in [0.25, 0.3) is 0 Å². The van der Waals surface area contributed by atoms with Crippen LogP contribution in [0.3, 0.4) is 0 Å². The van der Waals surface area contributed by atoms with Crippen molar-refractivity contribution < 1.29 is 14.3 Å². The van der Waals surface area contributed by atoms with Crippen LogP contribution in [0.15, 0.2) is 12.2 Å². The Morgan fingerprint density at radius 2 is 1.94 bits per heavy atom. The van der Waals surface area contributed by atoms with Crippen molar-refractivity contribution in [3.05, 3.63) is 12.2 Å². The quantitative estimate of drug-likeness (QED) is 0.429. The number of rotatable bonds is 4. The molecule has 0 spiro atoms. The molecule has 3 heteroatoms. The molecule has 0 bridgehead atoms. The zero-order valence-electron chi connectivity index (χ0n) is 11.0. The van der Waals surface area contributed by atoms with E-state index in [4.69, 9.17) is 4.74 Å². The predicted molar refractivity (Wildman–Crippen MR) is 66.5 cm³/mol. The van der Waals surface area contributed by atoms with Crippen molar-refractivity contribution in [2.24, 2.45) is 11.8 Å². The molecule has 1 aliphatic carbocycles. The van der Waals surface area contributed by atoms with Gasteiger partial charge < -0.3 is 4.74 Å². The van der Waals surface area contributed by atoms with Gasteiger partial charge in [-0.3, -0.25) is 9.59 Å². The number of esters is 1. The van der Waals surface area contributed by atoms with Crippen molar-refractivity contribution in [2.45, 2.75) is 52.6 Å². The van der Waals surface area contributed by atoms with E-state index in [1.807, 2.05) is 6.92 Å². The van der Waals surface area contributed by atoms with Crippen molar-refractivity contribution in [3.63, 3.8) is 0 Å². The molecule has 1 aliphatic rings. The first kappa shape index (κ1) is 13.9. The highest BCUT2D eigenvalue weighted by atomic mass is 16.5. The molecule has 96 valence electrons. The molecule has 0 heterocycles. The van der Waals surface area contributed by atoms with Gasteiger partial charge in [0.25, 0.3) is 0 Å². The average molecular weight is 238 g/mol. The minimum absolute atomic E-state index is 0.0944. The van der Waals surface area contributed by atoms with E-state index < -0.39 is 5.97 Å². The SMILES string of the molecule is C=C(C)[C@@H]1CC[C@@H](C)C[C@H]1OC(=O)CC(C)=O. The minimum atomic E-state index is -0.400. The molecule has 0 unspecified atom stereocenters. The maximum absolute atomic E-state index is 11.5. The molecule has 1 fully saturated rings. The van der Waals surface area contributed by atoms with Crippen LogP contribution in [0.1, 0.15) is 46.5 Å². The lowest BCUT2D eigenvalue weighted by molar-refractivity contribution is -0.154. The summed E-state index contributed by atoms with van der Waals surface area (Å²) in [5.74, 6) is 0.274.